The summed E-state index contributed by atoms with van der Waals surface area (Å²) in [6, 6.07) is 6.08. The molecule has 1 aromatic rings. The summed E-state index contributed by atoms with van der Waals surface area (Å²) in [6.45, 7) is 2.12. The van der Waals surface area contributed by atoms with E-state index in [1.807, 2.05) is 18.7 Å². The SMILES string of the molecule is CC(C)[C@H](N)C(=O)NC1CCN(c2ccccc2OC(F)F)C1. The molecule has 0 bridgehead atoms. The lowest BCUT2D eigenvalue weighted by atomic mass is 10.0. The van der Waals surface area contributed by atoms with Crippen molar-refractivity contribution in [2.75, 3.05) is 18.0 Å². The number of ether oxygens (including phenoxy) is 1. The Morgan fingerprint density at radius 2 is 2.09 bits per heavy atom. The number of carbonyl (C=O) groups is 1. The zero-order valence-electron chi connectivity index (χ0n) is 13.3. The normalized spacial score (nSPS) is 19.3. The second-order valence-corrected chi connectivity index (χ2v) is 6.06. The van der Waals surface area contributed by atoms with Gasteiger partial charge in [-0.1, -0.05) is 26.0 Å². The Bertz CT molecular complexity index is 540. The summed E-state index contributed by atoms with van der Waals surface area (Å²) >= 11 is 0. The van der Waals surface area contributed by atoms with Crippen LogP contribution in [0, 0.1) is 5.92 Å². The Morgan fingerprint density at radius 1 is 1.39 bits per heavy atom. The number of benzene rings is 1. The monoisotopic (exact) mass is 327 g/mol. The third kappa shape index (κ3) is 4.54. The van der Waals surface area contributed by atoms with Crippen LogP contribution in [0.1, 0.15) is 20.3 Å². The van der Waals surface area contributed by atoms with Gasteiger partial charge in [0.1, 0.15) is 5.75 Å². The molecular weight excluding hydrogens is 304 g/mol. The molecule has 23 heavy (non-hydrogen) atoms. The highest BCUT2D eigenvalue weighted by Gasteiger charge is 2.28. The van der Waals surface area contributed by atoms with Gasteiger partial charge >= 0.3 is 6.61 Å². The van der Waals surface area contributed by atoms with Crippen LogP contribution in [0.5, 0.6) is 5.75 Å². The lowest BCUT2D eigenvalue weighted by Gasteiger charge is -2.23. The predicted molar refractivity (Wildman–Crippen MR) is 84.6 cm³/mol. The van der Waals surface area contributed by atoms with Gasteiger partial charge in [0.15, 0.2) is 0 Å². The van der Waals surface area contributed by atoms with Crippen LogP contribution in [0.4, 0.5) is 14.5 Å². The molecule has 0 saturated carbocycles. The molecule has 0 radical (unpaired) electrons. The van der Waals surface area contributed by atoms with E-state index in [0.717, 1.165) is 6.42 Å². The molecule has 1 amide bonds. The van der Waals surface area contributed by atoms with Gasteiger partial charge in [0.2, 0.25) is 5.91 Å². The molecule has 2 atom stereocenters. The molecular formula is C16H23F2N3O2. The Morgan fingerprint density at radius 3 is 2.74 bits per heavy atom. The van der Waals surface area contributed by atoms with Gasteiger partial charge in [-0.15, -0.1) is 0 Å². The van der Waals surface area contributed by atoms with Gasteiger partial charge in [-0.2, -0.15) is 8.78 Å². The number of alkyl halides is 2. The van der Waals surface area contributed by atoms with Crippen molar-refractivity contribution in [2.45, 2.75) is 39.0 Å². The van der Waals surface area contributed by atoms with Gasteiger partial charge in [0, 0.05) is 19.1 Å². The van der Waals surface area contributed by atoms with Crippen LogP contribution in [0.2, 0.25) is 0 Å². The largest absolute Gasteiger partial charge is 0.433 e. The molecule has 128 valence electrons. The number of nitrogens with two attached hydrogens (primary N) is 1. The summed E-state index contributed by atoms with van der Waals surface area (Å²) in [7, 11) is 0. The van der Waals surface area contributed by atoms with E-state index >= 15 is 0 Å². The minimum atomic E-state index is -2.86. The molecule has 5 nitrogen and oxygen atoms in total. The van der Waals surface area contributed by atoms with Gasteiger partial charge in [-0.05, 0) is 24.5 Å². The van der Waals surface area contributed by atoms with Crippen molar-refractivity contribution in [2.24, 2.45) is 11.7 Å². The highest BCUT2D eigenvalue weighted by atomic mass is 19.3. The van der Waals surface area contributed by atoms with Crippen LogP contribution < -0.4 is 20.7 Å². The van der Waals surface area contributed by atoms with Gasteiger partial charge in [-0.3, -0.25) is 4.79 Å². The second-order valence-electron chi connectivity index (χ2n) is 6.06. The van der Waals surface area contributed by atoms with E-state index in [1.54, 1.807) is 18.2 Å². The van der Waals surface area contributed by atoms with Crippen molar-refractivity contribution < 1.29 is 18.3 Å². The van der Waals surface area contributed by atoms with E-state index in [1.165, 1.54) is 6.07 Å². The number of nitrogens with zero attached hydrogens (tertiary/aromatic N) is 1. The number of halogens is 2. The van der Waals surface area contributed by atoms with E-state index in [4.69, 9.17) is 5.73 Å². The molecule has 1 unspecified atom stereocenters. The van der Waals surface area contributed by atoms with Crippen LogP contribution in [0.25, 0.3) is 0 Å². The zero-order chi connectivity index (χ0) is 17.0. The molecule has 7 heteroatoms. The molecule has 1 aliphatic heterocycles. The smallest absolute Gasteiger partial charge is 0.387 e. The summed E-state index contributed by atoms with van der Waals surface area (Å²) in [5, 5.41) is 2.93. The van der Waals surface area contributed by atoms with Gasteiger partial charge in [-0.25, -0.2) is 0 Å². The highest BCUT2D eigenvalue weighted by molar-refractivity contribution is 5.82. The van der Waals surface area contributed by atoms with Crippen LogP contribution in [0.15, 0.2) is 24.3 Å². The van der Waals surface area contributed by atoms with E-state index < -0.39 is 12.7 Å². The van der Waals surface area contributed by atoms with Gasteiger partial charge in [0.25, 0.3) is 0 Å². The fourth-order valence-corrected chi connectivity index (χ4v) is 2.61. The number of anilines is 1. The Hall–Kier alpha value is -1.89. The standard InChI is InChI=1S/C16H23F2N3O2/c1-10(2)14(19)15(22)20-11-7-8-21(9-11)12-5-3-4-6-13(12)23-16(17)18/h3-6,10-11,14,16H,7-9,19H2,1-2H3,(H,20,22)/t11?,14-/m0/s1. The first-order valence-electron chi connectivity index (χ1n) is 7.73. The number of nitrogens with one attached hydrogen (secondary N) is 1. The van der Waals surface area contributed by atoms with E-state index in [2.05, 4.69) is 10.1 Å². The van der Waals surface area contributed by atoms with Crippen LogP contribution >= 0.6 is 0 Å². The Balaban J connectivity index is 1.99. The fraction of sp³-hybridized carbons (Fsp3) is 0.562. The van der Waals surface area contributed by atoms with Gasteiger partial charge in [0.05, 0.1) is 11.7 Å². The van der Waals surface area contributed by atoms with Crippen molar-refractivity contribution in [3.8, 4) is 5.75 Å². The summed E-state index contributed by atoms with van der Waals surface area (Å²) in [4.78, 5) is 14.0. The third-order valence-corrected chi connectivity index (χ3v) is 3.98. The van der Waals surface area contributed by atoms with Crippen molar-refractivity contribution in [1.29, 1.82) is 0 Å². The first kappa shape index (κ1) is 17.5. The van der Waals surface area contributed by atoms with Gasteiger partial charge < -0.3 is 20.7 Å². The maximum Gasteiger partial charge on any atom is 0.387 e. The lowest BCUT2D eigenvalue weighted by molar-refractivity contribution is -0.123. The zero-order valence-corrected chi connectivity index (χ0v) is 13.3. The molecule has 2 rings (SSSR count). The minimum absolute atomic E-state index is 0.0492. The summed E-state index contributed by atoms with van der Waals surface area (Å²) < 4.78 is 29.5. The quantitative estimate of drug-likeness (QED) is 0.838. The average Bonchev–Trinajstić information content (AvgIpc) is 2.94. The highest BCUT2D eigenvalue weighted by Crippen LogP contribution is 2.31. The molecule has 0 aliphatic carbocycles. The topological polar surface area (TPSA) is 67.6 Å². The van der Waals surface area contributed by atoms with Crippen molar-refractivity contribution in [3.05, 3.63) is 24.3 Å². The maximum atomic E-state index is 12.5. The Kier molecular flexibility index (Phi) is 5.76. The van der Waals surface area contributed by atoms with Crippen molar-refractivity contribution >= 4 is 11.6 Å². The first-order valence-corrected chi connectivity index (χ1v) is 7.73. The third-order valence-electron chi connectivity index (χ3n) is 3.98. The number of carbonyl (C=O) groups excluding carboxylic acids is 1. The number of hydrogen-bond donors (Lipinski definition) is 2. The second kappa shape index (κ2) is 7.59. The first-order chi connectivity index (χ1) is 10.9. The molecule has 0 spiro atoms. The number of amides is 1. The number of para-hydroxylation sites is 2. The van der Waals surface area contributed by atoms with E-state index in [9.17, 15) is 13.6 Å². The maximum absolute atomic E-state index is 12.5. The van der Waals surface area contributed by atoms with E-state index in [0.29, 0.717) is 18.8 Å². The average molecular weight is 327 g/mol. The molecule has 0 aromatic heterocycles. The Labute approximate surface area is 134 Å². The van der Waals surface area contributed by atoms with Crippen molar-refractivity contribution in [3.63, 3.8) is 0 Å². The predicted octanol–water partition coefficient (Wildman–Crippen LogP) is 1.97. The van der Waals surface area contributed by atoms with Crippen LogP contribution in [-0.4, -0.2) is 37.7 Å². The lowest BCUT2D eigenvalue weighted by Crippen LogP contribution is -2.48. The van der Waals surface area contributed by atoms with Crippen molar-refractivity contribution in [1.82, 2.24) is 5.32 Å². The van der Waals surface area contributed by atoms with E-state index in [-0.39, 0.29) is 23.6 Å². The van der Waals surface area contributed by atoms with Crippen LogP contribution in [0.3, 0.4) is 0 Å². The van der Waals surface area contributed by atoms with Crippen LogP contribution in [-0.2, 0) is 4.79 Å². The molecule has 3 N–H and O–H groups in total. The molecule has 1 aromatic carbocycles. The number of rotatable bonds is 6. The summed E-state index contributed by atoms with van der Waals surface area (Å²) in [6.07, 6.45) is 0.736. The summed E-state index contributed by atoms with van der Waals surface area (Å²) in [5.41, 5.74) is 6.44. The fourth-order valence-electron chi connectivity index (χ4n) is 2.61. The minimum Gasteiger partial charge on any atom is -0.433 e. The molecule has 1 saturated heterocycles. The molecule has 1 fully saturated rings. The number of hydrogen-bond acceptors (Lipinski definition) is 4. The molecule has 1 heterocycles. The summed E-state index contributed by atoms with van der Waals surface area (Å²) in [5.74, 6) is 0.0324. The molecule has 1 aliphatic rings.